The van der Waals surface area contributed by atoms with Crippen molar-refractivity contribution in [3.05, 3.63) is 59.6 Å². The van der Waals surface area contributed by atoms with Crippen molar-refractivity contribution in [1.82, 2.24) is 20.5 Å². The van der Waals surface area contributed by atoms with Crippen LogP contribution in [0, 0.1) is 0 Å². The Labute approximate surface area is 183 Å². The van der Waals surface area contributed by atoms with Crippen LogP contribution < -0.4 is 5.32 Å². The second kappa shape index (κ2) is 8.85. The van der Waals surface area contributed by atoms with Crippen molar-refractivity contribution in [3.63, 3.8) is 0 Å². The number of thioether (sulfide) groups is 1. The summed E-state index contributed by atoms with van der Waals surface area (Å²) in [6.45, 7) is 3.83. The van der Waals surface area contributed by atoms with Gasteiger partial charge < -0.3 is 9.73 Å². The number of hydrogen-bond acceptors (Lipinski definition) is 6. The van der Waals surface area contributed by atoms with Gasteiger partial charge in [-0.05, 0) is 38.1 Å². The third-order valence-corrected chi connectivity index (χ3v) is 5.34. The van der Waals surface area contributed by atoms with Crippen LogP contribution in [0.3, 0.4) is 0 Å². The molecule has 0 spiro atoms. The maximum atomic E-state index is 11.9. The van der Waals surface area contributed by atoms with Crippen LogP contribution in [0.2, 0.25) is 5.02 Å². The largest absolute Gasteiger partial charge is 0.411 e. The highest BCUT2D eigenvalue weighted by Gasteiger charge is 2.16. The fourth-order valence-corrected chi connectivity index (χ4v) is 3.69. The number of halogens is 1. The van der Waals surface area contributed by atoms with E-state index >= 15 is 0 Å². The molecule has 0 bridgehead atoms. The first-order valence-corrected chi connectivity index (χ1v) is 10.8. The molecule has 0 aliphatic carbocycles. The maximum Gasteiger partial charge on any atom is 0.277 e. The Morgan fingerprint density at radius 3 is 2.67 bits per heavy atom. The van der Waals surface area contributed by atoms with Gasteiger partial charge in [-0.3, -0.25) is 4.79 Å². The molecule has 0 atom stereocenters. The topological polar surface area (TPSA) is 80.9 Å². The lowest BCUT2D eigenvalue weighted by Gasteiger charge is -2.08. The summed E-state index contributed by atoms with van der Waals surface area (Å²) in [6, 6.07) is 17.3. The van der Waals surface area contributed by atoms with E-state index in [2.05, 4.69) is 15.5 Å². The quantitative estimate of drug-likeness (QED) is 0.415. The number of rotatable bonds is 6. The number of hydrogen-bond donors (Lipinski definition) is 1. The number of nitrogens with zero attached hydrogens (tertiary/aromatic N) is 3. The lowest BCUT2D eigenvalue weighted by Crippen LogP contribution is -2.31. The van der Waals surface area contributed by atoms with E-state index in [4.69, 9.17) is 21.0 Å². The highest BCUT2D eigenvalue weighted by atomic mass is 35.5. The molecule has 2 heterocycles. The van der Waals surface area contributed by atoms with Gasteiger partial charge in [0, 0.05) is 22.0 Å². The Kier molecular flexibility index (Phi) is 6.01. The molecule has 6 nitrogen and oxygen atoms in total. The number of pyridine rings is 1. The molecule has 2 aromatic heterocycles. The fourth-order valence-electron chi connectivity index (χ4n) is 2.99. The van der Waals surface area contributed by atoms with E-state index in [0.717, 1.165) is 27.7 Å². The summed E-state index contributed by atoms with van der Waals surface area (Å²) in [5, 5.41) is 13.1. The third kappa shape index (κ3) is 4.63. The lowest BCUT2D eigenvalue weighted by atomic mass is 10.0. The minimum Gasteiger partial charge on any atom is -0.411 e. The standard InChI is InChI=1S/C22H19ClN4O2S/c1-13(2)24-20(28)12-30-22-27-26-21(29-22)17-11-19(14-7-9-15(23)10-8-14)25-18-6-4-3-5-16(17)18/h3-11,13H,12H2,1-2H3,(H,24,28). The van der Waals surface area contributed by atoms with Gasteiger partial charge in [0.05, 0.1) is 22.5 Å². The predicted octanol–water partition coefficient (Wildman–Crippen LogP) is 5.22. The van der Waals surface area contributed by atoms with Crippen LogP contribution in [-0.2, 0) is 4.79 Å². The molecule has 1 amide bonds. The number of fused-ring (bicyclic) bond motifs is 1. The molecule has 0 aliphatic heterocycles. The predicted molar refractivity (Wildman–Crippen MR) is 119 cm³/mol. The SMILES string of the molecule is CC(C)NC(=O)CSc1nnc(-c2cc(-c3ccc(Cl)cc3)nc3ccccc23)o1. The maximum absolute atomic E-state index is 11.9. The molecule has 4 rings (SSSR count). The molecule has 30 heavy (non-hydrogen) atoms. The van der Waals surface area contributed by atoms with Gasteiger partial charge in [0.1, 0.15) is 0 Å². The minimum absolute atomic E-state index is 0.0749. The molecule has 0 unspecified atom stereocenters. The first kappa shape index (κ1) is 20.4. The van der Waals surface area contributed by atoms with Crippen molar-refractivity contribution in [2.45, 2.75) is 25.1 Å². The molecule has 8 heteroatoms. The van der Waals surface area contributed by atoms with Gasteiger partial charge in [-0.1, -0.05) is 53.7 Å². The number of carbonyl (C=O) groups excluding carboxylic acids is 1. The van der Waals surface area contributed by atoms with E-state index < -0.39 is 0 Å². The van der Waals surface area contributed by atoms with Crippen molar-refractivity contribution >= 4 is 40.2 Å². The Hall–Kier alpha value is -2.90. The normalized spacial score (nSPS) is 11.2. The van der Waals surface area contributed by atoms with Gasteiger partial charge in [-0.15, -0.1) is 10.2 Å². The summed E-state index contributed by atoms with van der Waals surface area (Å²) in [4.78, 5) is 16.6. The van der Waals surface area contributed by atoms with Crippen LogP contribution in [0.1, 0.15) is 13.8 Å². The molecule has 2 aromatic carbocycles. The summed E-state index contributed by atoms with van der Waals surface area (Å²) in [7, 11) is 0. The summed E-state index contributed by atoms with van der Waals surface area (Å²) in [5.41, 5.74) is 3.33. The minimum atomic E-state index is -0.0749. The molecule has 0 saturated heterocycles. The molecule has 4 aromatic rings. The third-order valence-electron chi connectivity index (χ3n) is 4.27. The monoisotopic (exact) mass is 438 g/mol. The van der Waals surface area contributed by atoms with E-state index in [0.29, 0.717) is 16.1 Å². The van der Waals surface area contributed by atoms with Crippen LogP contribution in [0.5, 0.6) is 0 Å². The second-order valence-corrected chi connectivity index (χ2v) is 8.33. The van der Waals surface area contributed by atoms with Crippen molar-refractivity contribution in [3.8, 4) is 22.7 Å². The zero-order chi connectivity index (χ0) is 21.1. The van der Waals surface area contributed by atoms with E-state index in [1.807, 2.05) is 68.4 Å². The average Bonchev–Trinajstić information content (AvgIpc) is 3.20. The number of carbonyl (C=O) groups is 1. The van der Waals surface area contributed by atoms with Crippen molar-refractivity contribution < 1.29 is 9.21 Å². The van der Waals surface area contributed by atoms with E-state index in [-0.39, 0.29) is 17.7 Å². The molecule has 152 valence electrons. The number of aromatic nitrogens is 3. The van der Waals surface area contributed by atoms with Crippen LogP contribution in [-0.4, -0.2) is 32.9 Å². The molecule has 0 radical (unpaired) electrons. The van der Waals surface area contributed by atoms with Gasteiger partial charge >= 0.3 is 0 Å². The van der Waals surface area contributed by atoms with Crippen LogP contribution in [0.15, 0.2) is 64.2 Å². The lowest BCUT2D eigenvalue weighted by molar-refractivity contribution is -0.119. The zero-order valence-electron chi connectivity index (χ0n) is 16.4. The van der Waals surface area contributed by atoms with E-state index in [1.165, 1.54) is 11.8 Å². The zero-order valence-corrected chi connectivity index (χ0v) is 18.0. The van der Waals surface area contributed by atoms with Gasteiger partial charge in [-0.25, -0.2) is 4.98 Å². The number of amides is 1. The molecular formula is C22H19ClN4O2S. The number of nitrogens with one attached hydrogen (secondary N) is 1. The average molecular weight is 439 g/mol. The summed E-state index contributed by atoms with van der Waals surface area (Å²) in [6.07, 6.45) is 0. The number of para-hydroxylation sites is 1. The second-order valence-electron chi connectivity index (χ2n) is 6.96. The first-order chi connectivity index (χ1) is 14.5. The Bertz CT molecular complexity index is 1190. The highest BCUT2D eigenvalue weighted by Crippen LogP contribution is 2.33. The van der Waals surface area contributed by atoms with Crippen molar-refractivity contribution in [2.75, 3.05) is 5.75 Å². The molecule has 1 N–H and O–H groups in total. The van der Waals surface area contributed by atoms with Crippen molar-refractivity contribution in [2.24, 2.45) is 0 Å². The van der Waals surface area contributed by atoms with Gasteiger partial charge in [-0.2, -0.15) is 0 Å². The summed E-state index contributed by atoms with van der Waals surface area (Å²) >= 11 is 7.23. The Balaban J connectivity index is 1.67. The smallest absolute Gasteiger partial charge is 0.277 e. The van der Waals surface area contributed by atoms with E-state index in [9.17, 15) is 4.79 Å². The van der Waals surface area contributed by atoms with Gasteiger partial charge in [0.25, 0.3) is 5.22 Å². The van der Waals surface area contributed by atoms with Gasteiger partial charge in [0.15, 0.2) is 0 Å². The molecule has 0 saturated carbocycles. The first-order valence-electron chi connectivity index (χ1n) is 9.41. The molecule has 0 fully saturated rings. The Morgan fingerprint density at radius 2 is 1.90 bits per heavy atom. The Morgan fingerprint density at radius 1 is 1.13 bits per heavy atom. The van der Waals surface area contributed by atoms with Gasteiger partial charge in [0.2, 0.25) is 11.8 Å². The molecular weight excluding hydrogens is 420 g/mol. The fraction of sp³-hybridized carbons (Fsp3) is 0.182. The van der Waals surface area contributed by atoms with Crippen LogP contribution in [0.4, 0.5) is 0 Å². The van der Waals surface area contributed by atoms with E-state index in [1.54, 1.807) is 0 Å². The summed E-state index contributed by atoms with van der Waals surface area (Å²) in [5.74, 6) is 0.525. The highest BCUT2D eigenvalue weighted by molar-refractivity contribution is 7.99. The van der Waals surface area contributed by atoms with Crippen LogP contribution >= 0.6 is 23.4 Å². The van der Waals surface area contributed by atoms with Crippen LogP contribution in [0.25, 0.3) is 33.6 Å². The molecule has 0 aliphatic rings. The number of benzene rings is 2. The summed E-state index contributed by atoms with van der Waals surface area (Å²) < 4.78 is 5.86. The van der Waals surface area contributed by atoms with Crippen molar-refractivity contribution in [1.29, 1.82) is 0 Å².